The number of halogens is 1. The number of rotatable bonds is 8. The molecule has 3 N–H and O–H groups in total. The highest BCUT2D eigenvalue weighted by molar-refractivity contribution is 5.83. The second kappa shape index (κ2) is 9.36. The molecule has 3 saturated carbocycles. The largest absolute Gasteiger partial charge is 0.489 e. The van der Waals surface area contributed by atoms with Crippen LogP contribution in [0.3, 0.4) is 0 Å². The quantitative estimate of drug-likeness (QED) is 0.653. The highest BCUT2D eigenvalue weighted by Gasteiger charge is 2.52. The molecule has 0 unspecified atom stereocenters. The van der Waals surface area contributed by atoms with E-state index in [2.05, 4.69) is 27.4 Å². The molecule has 170 valence electrons. The fourth-order valence-corrected chi connectivity index (χ4v) is 5.13. The number of fused-ring (bicyclic) bond motifs is 3. The minimum Gasteiger partial charge on any atom is -0.489 e. The lowest BCUT2D eigenvalue weighted by atomic mass is 9.51. The minimum absolute atomic E-state index is 0.129. The summed E-state index contributed by atoms with van der Waals surface area (Å²) in [5.74, 6) is 0.854. The Balaban J connectivity index is 1.35. The standard InChI is InChI=1S/C25H31FN4O2/c1-18-14-28-15-21(30-18)16-29-23(31)25-9-6-24(7-10-25,8-11-25)20-2-4-22(5-3-20)32-17-19(12-26)13-27/h2-5,12,14-15H,6-11,13,16-17,27H2,1H3,(H,29,31)/b19-12+. The summed E-state index contributed by atoms with van der Waals surface area (Å²) in [6.45, 7) is 2.62. The average molecular weight is 439 g/mol. The summed E-state index contributed by atoms with van der Waals surface area (Å²) in [4.78, 5) is 21.7. The van der Waals surface area contributed by atoms with Gasteiger partial charge in [-0.25, -0.2) is 4.39 Å². The molecule has 6 nitrogen and oxygen atoms in total. The maximum atomic E-state index is 13.1. The second-order valence-electron chi connectivity index (χ2n) is 9.18. The summed E-state index contributed by atoms with van der Waals surface area (Å²) >= 11 is 0. The van der Waals surface area contributed by atoms with Crippen molar-refractivity contribution in [2.24, 2.45) is 11.1 Å². The highest BCUT2D eigenvalue weighted by atomic mass is 19.1. The number of benzene rings is 1. The predicted molar refractivity (Wildman–Crippen MR) is 121 cm³/mol. The van der Waals surface area contributed by atoms with Gasteiger partial charge in [0.25, 0.3) is 0 Å². The molecule has 2 aromatic rings. The summed E-state index contributed by atoms with van der Waals surface area (Å²) in [5, 5.41) is 3.11. The Morgan fingerprint density at radius 1 is 1.16 bits per heavy atom. The van der Waals surface area contributed by atoms with E-state index in [1.807, 2.05) is 19.1 Å². The van der Waals surface area contributed by atoms with Gasteiger partial charge in [-0.15, -0.1) is 0 Å². The number of nitrogens with two attached hydrogens (primary N) is 1. The van der Waals surface area contributed by atoms with E-state index in [1.54, 1.807) is 12.4 Å². The molecule has 3 aliphatic rings. The molecule has 1 heterocycles. The zero-order chi connectivity index (χ0) is 22.6. The molecule has 0 saturated heterocycles. The summed E-state index contributed by atoms with van der Waals surface area (Å²) in [6.07, 6.45) is 9.65. The topological polar surface area (TPSA) is 90.1 Å². The Hall–Kier alpha value is -2.80. The second-order valence-corrected chi connectivity index (χ2v) is 9.18. The van der Waals surface area contributed by atoms with Crippen molar-refractivity contribution in [3.05, 3.63) is 65.5 Å². The SMILES string of the molecule is Cc1cncc(CNC(=O)C23CCC(c4ccc(OC/C(=C/F)CN)cc4)(CC2)CC3)n1. The van der Waals surface area contributed by atoms with Crippen LogP contribution in [0.15, 0.2) is 48.6 Å². The maximum Gasteiger partial charge on any atom is 0.226 e. The molecule has 32 heavy (non-hydrogen) atoms. The van der Waals surface area contributed by atoms with Crippen molar-refractivity contribution in [2.45, 2.75) is 57.4 Å². The first-order chi connectivity index (χ1) is 15.5. The molecule has 0 spiro atoms. The Kier molecular flexibility index (Phi) is 6.55. The highest BCUT2D eigenvalue weighted by Crippen LogP contribution is 2.57. The van der Waals surface area contributed by atoms with Gasteiger partial charge in [-0.05, 0) is 68.6 Å². The fourth-order valence-electron chi connectivity index (χ4n) is 5.13. The molecule has 5 rings (SSSR count). The Morgan fingerprint density at radius 2 is 1.84 bits per heavy atom. The van der Waals surface area contributed by atoms with Crippen LogP contribution in [0, 0.1) is 12.3 Å². The van der Waals surface area contributed by atoms with Crippen LogP contribution in [0.4, 0.5) is 4.39 Å². The third-order valence-corrected chi connectivity index (χ3v) is 7.27. The number of ether oxygens (including phenoxy) is 1. The van der Waals surface area contributed by atoms with Crippen LogP contribution in [-0.4, -0.2) is 29.0 Å². The molecule has 3 fully saturated rings. The van der Waals surface area contributed by atoms with E-state index in [9.17, 15) is 9.18 Å². The number of hydrogen-bond acceptors (Lipinski definition) is 5. The lowest BCUT2D eigenvalue weighted by Gasteiger charge is -2.52. The van der Waals surface area contributed by atoms with Crippen LogP contribution < -0.4 is 15.8 Å². The number of carbonyl (C=O) groups excluding carboxylic acids is 1. The number of nitrogens with one attached hydrogen (secondary N) is 1. The summed E-state index contributed by atoms with van der Waals surface area (Å²) in [7, 11) is 0. The van der Waals surface area contributed by atoms with Gasteiger partial charge in [0.05, 0.1) is 30.5 Å². The van der Waals surface area contributed by atoms with Gasteiger partial charge in [0, 0.05) is 23.7 Å². The molecule has 3 aliphatic carbocycles. The molecule has 0 radical (unpaired) electrons. The van der Waals surface area contributed by atoms with Crippen molar-refractivity contribution in [2.75, 3.05) is 13.2 Å². The maximum absolute atomic E-state index is 13.1. The van der Waals surface area contributed by atoms with E-state index in [-0.39, 0.29) is 29.9 Å². The molecular formula is C25H31FN4O2. The van der Waals surface area contributed by atoms with Crippen molar-refractivity contribution in [1.29, 1.82) is 0 Å². The lowest BCUT2D eigenvalue weighted by Crippen LogP contribution is -2.51. The Bertz CT molecular complexity index is 965. The number of nitrogens with zero attached hydrogens (tertiary/aromatic N) is 2. The predicted octanol–water partition coefficient (Wildman–Crippen LogP) is 3.88. The summed E-state index contributed by atoms with van der Waals surface area (Å²) in [6, 6.07) is 8.13. The monoisotopic (exact) mass is 438 g/mol. The van der Waals surface area contributed by atoms with Gasteiger partial charge < -0.3 is 15.8 Å². The first-order valence-electron chi connectivity index (χ1n) is 11.3. The molecule has 0 atom stereocenters. The first-order valence-corrected chi connectivity index (χ1v) is 11.3. The van der Waals surface area contributed by atoms with Crippen LogP contribution in [0.5, 0.6) is 5.75 Å². The van der Waals surface area contributed by atoms with Gasteiger partial charge in [-0.2, -0.15) is 0 Å². The number of amides is 1. The molecule has 1 amide bonds. The van der Waals surface area contributed by atoms with E-state index in [0.29, 0.717) is 24.2 Å². The minimum atomic E-state index is -0.265. The van der Waals surface area contributed by atoms with E-state index in [1.165, 1.54) is 5.56 Å². The smallest absolute Gasteiger partial charge is 0.226 e. The van der Waals surface area contributed by atoms with E-state index >= 15 is 0 Å². The number of aryl methyl sites for hydroxylation is 1. The van der Waals surface area contributed by atoms with Gasteiger partial charge in [0.2, 0.25) is 5.91 Å². The molecular weight excluding hydrogens is 407 g/mol. The lowest BCUT2D eigenvalue weighted by molar-refractivity contribution is -0.138. The third-order valence-electron chi connectivity index (χ3n) is 7.27. The zero-order valence-electron chi connectivity index (χ0n) is 18.6. The normalized spacial score (nSPS) is 24.9. The first kappa shape index (κ1) is 22.4. The molecule has 7 heteroatoms. The molecule has 0 aliphatic heterocycles. The van der Waals surface area contributed by atoms with Gasteiger partial charge in [-0.1, -0.05) is 12.1 Å². The van der Waals surface area contributed by atoms with Crippen molar-refractivity contribution in [3.8, 4) is 5.75 Å². The molecule has 1 aromatic heterocycles. The summed E-state index contributed by atoms with van der Waals surface area (Å²) in [5.41, 5.74) is 8.71. The van der Waals surface area contributed by atoms with E-state index in [0.717, 1.165) is 49.9 Å². The molecule has 2 bridgehead atoms. The van der Waals surface area contributed by atoms with Crippen molar-refractivity contribution in [1.82, 2.24) is 15.3 Å². The van der Waals surface area contributed by atoms with Gasteiger partial charge in [0.15, 0.2) is 0 Å². The van der Waals surface area contributed by atoms with E-state index < -0.39 is 0 Å². The average Bonchev–Trinajstić information content (AvgIpc) is 2.84. The van der Waals surface area contributed by atoms with Gasteiger partial charge in [-0.3, -0.25) is 14.8 Å². The van der Waals surface area contributed by atoms with Gasteiger partial charge in [0.1, 0.15) is 12.4 Å². The van der Waals surface area contributed by atoms with Crippen molar-refractivity contribution < 1.29 is 13.9 Å². The summed E-state index contributed by atoms with van der Waals surface area (Å²) < 4.78 is 18.3. The van der Waals surface area contributed by atoms with Gasteiger partial charge >= 0.3 is 0 Å². The fraction of sp³-hybridized carbons (Fsp3) is 0.480. The number of hydrogen-bond donors (Lipinski definition) is 2. The van der Waals surface area contributed by atoms with Crippen LogP contribution in [0.2, 0.25) is 0 Å². The van der Waals surface area contributed by atoms with Crippen LogP contribution in [0.1, 0.15) is 55.5 Å². The van der Waals surface area contributed by atoms with Crippen molar-refractivity contribution in [3.63, 3.8) is 0 Å². The number of aromatic nitrogens is 2. The molecule has 1 aromatic carbocycles. The third kappa shape index (κ3) is 4.53. The van der Waals surface area contributed by atoms with E-state index in [4.69, 9.17) is 10.5 Å². The van der Waals surface area contributed by atoms with Crippen LogP contribution in [-0.2, 0) is 16.8 Å². The Labute approximate surface area is 188 Å². The number of carbonyl (C=O) groups is 1. The van der Waals surface area contributed by atoms with Crippen LogP contribution in [0.25, 0.3) is 0 Å². The zero-order valence-corrected chi connectivity index (χ0v) is 18.6. The Morgan fingerprint density at radius 3 is 2.44 bits per heavy atom. The van der Waals surface area contributed by atoms with Crippen molar-refractivity contribution >= 4 is 5.91 Å². The van der Waals surface area contributed by atoms with Crippen LogP contribution >= 0.6 is 0 Å².